The van der Waals surface area contributed by atoms with Gasteiger partial charge in [-0.15, -0.1) is 0 Å². The van der Waals surface area contributed by atoms with Gasteiger partial charge in [0.25, 0.3) is 0 Å². The number of ether oxygens (including phenoxy) is 1. The lowest BCUT2D eigenvalue weighted by Crippen LogP contribution is -2.19. The van der Waals surface area contributed by atoms with Crippen LogP contribution in [0.25, 0.3) is 0 Å². The summed E-state index contributed by atoms with van der Waals surface area (Å²) in [4.78, 5) is 12.2. The van der Waals surface area contributed by atoms with Gasteiger partial charge in [0, 0.05) is 19.4 Å². The van der Waals surface area contributed by atoms with Gasteiger partial charge < -0.3 is 14.9 Å². The number of allylic oxidation sites excluding steroid dienone is 8. The highest BCUT2D eigenvalue weighted by molar-refractivity contribution is 5.78. The SMILES string of the molecule is CCCCCCCCCCCCCCCCCC(=O)CCCCCC=CCC=CCC=CCC=CCCCCOCC(O)CO. The van der Waals surface area contributed by atoms with Crippen molar-refractivity contribution in [2.24, 2.45) is 0 Å². The van der Waals surface area contributed by atoms with E-state index >= 15 is 0 Å². The average Bonchev–Trinajstić information content (AvgIpc) is 3.05. The zero-order valence-corrected chi connectivity index (χ0v) is 29.6. The molecule has 0 aliphatic heterocycles. The second-order valence-corrected chi connectivity index (χ2v) is 12.8. The van der Waals surface area contributed by atoms with Gasteiger partial charge in [0.15, 0.2) is 0 Å². The van der Waals surface area contributed by atoms with E-state index in [0.717, 1.165) is 77.0 Å². The molecule has 0 amide bonds. The summed E-state index contributed by atoms with van der Waals surface area (Å²) in [5.74, 6) is 0.478. The summed E-state index contributed by atoms with van der Waals surface area (Å²) < 4.78 is 5.30. The third-order valence-electron chi connectivity index (χ3n) is 8.30. The molecule has 0 aromatic rings. The van der Waals surface area contributed by atoms with Gasteiger partial charge in [0.2, 0.25) is 0 Å². The van der Waals surface area contributed by atoms with Crippen molar-refractivity contribution in [2.75, 3.05) is 19.8 Å². The molecule has 0 rings (SSSR count). The maximum absolute atomic E-state index is 12.2. The molecular formula is C41H74O4. The van der Waals surface area contributed by atoms with Crippen LogP contribution in [-0.4, -0.2) is 41.9 Å². The van der Waals surface area contributed by atoms with Crippen LogP contribution >= 0.6 is 0 Å². The molecular weight excluding hydrogens is 556 g/mol. The normalized spacial score (nSPS) is 13.0. The maximum Gasteiger partial charge on any atom is 0.132 e. The molecule has 0 heterocycles. The monoisotopic (exact) mass is 631 g/mol. The van der Waals surface area contributed by atoms with Crippen molar-refractivity contribution in [2.45, 2.75) is 186 Å². The van der Waals surface area contributed by atoms with Gasteiger partial charge in [0.05, 0.1) is 13.2 Å². The van der Waals surface area contributed by atoms with E-state index in [9.17, 15) is 9.90 Å². The van der Waals surface area contributed by atoms with Crippen molar-refractivity contribution in [3.05, 3.63) is 48.6 Å². The second-order valence-electron chi connectivity index (χ2n) is 12.8. The van der Waals surface area contributed by atoms with Crippen molar-refractivity contribution in [3.8, 4) is 0 Å². The van der Waals surface area contributed by atoms with Crippen LogP contribution in [0.15, 0.2) is 48.6 Å². The maximum atomic E-state index is 12.2. The van der Waals surface area contributed by atoms with Crippen LogP contribution in [0.4, 0.5) is 0 Å². The molecule has 1 atom stereocenters. The standard InChI is InChI=1S/C41H74O4/c1-2-3-4-5-6-7-8-9-14-17-20-23-26-29-32-35-40(43)36-33-30-27-24-21-18-15-12-10-11-13-16-19-22-25-28-31-34-37-45-39-41(44)38-42/h10,12-13,16,18,21-22,25,41-42,44H,2-9,11,14-15,17,19-20,23-24,26-39H2,1H3. The summed E-state index contributed by atoms with van der Waals surface area (Å²) in [5, 5.41) is 17.9. The smallest absolute Gasteiger partial charge is 0.132 e. The molecule has 4 nitrogen and oxygen atoms in total. The van der Waals surface area contributed by atoms with Gasteiger partial charge in [-0.2, -0.15) is 0 Å². The fraction of sp³-hybridized carbons (Fsp3) is 0.780. The second kappa shape index (κ2) is 38.7. The summed E-state index contributed by atoms with van der Waals surface area (Å²) in [6.45, 7) is 2.89. The predicted molar refractivity (Wildman–Crippen MR) is 196 cm³/mol. The topological polar surface area (TPSA) is 66.8 Å². The van der Waals surface area contributed by atoms with E-state index < -0.39 is 6.10 Å². The Morgan fingerprint density at radius 2 is 0.911 bits per heavy atom. The first kappa shape index (κ1) is 43.5. The molecule has 0 saturated heterocycles. The molecule has 0 spiro atoms. The molecule has 0 fully saturated rings. The zero-order chi connectivity index (χ0) is 32.7. The predicted octanol–water partition coefficient (Wildman–Crippen LogP) is 11.7. The number of unbranched alkanes of at least 4 members (excludes halogenated alkanes) is 19. The van der Waals surface area contributed by atoms with Crippen LogP contribution in [-0.2, 0) is 9.53 Å². The van der Waals surface area contributed by atoms with Crippen molar-refractivity contribution in [1.29, 1.82) is 0 Å². The van der Waals surface area contributed by atoms with Crippen molar-refractivity contribution < 1.29 is 19.7 Å². The Hall–Kier alpha value is -1.49. The van der Waals surface area contributed by atoms with Crippen LogP contribution in [0.5, 0.6) is 0 Å². The molecule has 45 heavy (non-hydrogen) atoms. The van der Waals surface area contributed by atoms with Gasteiger partial charge in [-0.05, 0) is 64.2 Å². The third kappa shape index (κ3) is 38.6. The Bertz CT molecular complexity index is 708. The molecule has 0 radical (unpaired) electrons. The summed E-state index contributed by atoms with van der Waals surface area (Å²) in [5.41, 5.74) is 0. The molecule has 0 aromatic carbocycles. The van der Waals surface area contributed by atoms with Crippen LogP contribution in [0.3, 0.4) is 0 Å². The molecule has 0 aromatic heterocycles. The number of carbonyl (C=O) groups excluding carboxylic acids is 1. The zero-order valence-electron chi connectivity index (χ0n) is 29.6. The highest BCUT2D eigenvalue weighted by Gasteiger charge is 2.02. The van der Waals surface area contributed by atoms with Crippen molar-refractivity contribution in [1.82, 2.24) is 0 Å². The first-order valence-electron chi connectivity index (χ1n) is 19.2. The number of aliphatic hydroxyl groups is 2. The Balaban J connectivity index is 3.36. The van der Waals surface area contributed by atoms with E-state index in [-0.39, 0.29) is 13.2 Å². The average molecular weight is 631 g/mol. The number of hydrogen-bond acceptors (Lipinski definition) is 4. The first-order chi connectivity index (χ1) is 22.2. The molecule has 1 unspecified atom stereocenters. The molecule has 0 aliphatic rings. The third-order valence-corrected chi connectivity index (χ3v) is 8.30. The van der Waals surface area contributed by atoms with E-state index in [1.165, 1.54) is 96.3 Å². The number of hydrogen-bond donors (Lipinski definition) is 2. The fourth-order valence-electron chi connectivity index (χ4n) is 5.37. The lowest BCUT2D eigenvalue weighted by Gasteiger charge is -2.07. The number of carbonyl (C=O) groups is 1. The largest absolute Gasteiger partial charge is 0.394 e. The summed E-state index contributed by atoms with van der Waals surface area (Å²) in [7, 11) is 0. The van der Waals surface area contributed by atoms with E-state index in [1.807, 2.05) is 0 Å². The van der Waals surface area contributed by atoms with Crippen LogP contribution in [0.1, 0.15) is 180 Å². The summed E-state index contributed by atoms with van der Waals surface area (Å²) >= 11 is 0. The van der Waals surface area contributed by atoms with Crippen LogP contribution in [0.2, 0.25) is 0 Å². The lowest BCUT2D eigenvalue weighted by molar-refractivity contribution is -0.119. The van der Waals surface area contributed by atoms with Gasteiger partial charge in [-0.25, -0.2) is 0 Å². The number of aliphatic hydroxyl groups excluding tert-OH is 2. The number of ketones is 1. The van der Waals surface area contributed by atoms with Crippen molar-refractivity contribution in [3.63, 3.8) is 0 Å². The van der Waals surface area contributed by atoms with E-state index in [2.05, 4.69) is 55.5 Å². The minimum atomic E-state index is -0.759. The minimum Gasteiger partial charge on any atom is -0.394 e. The molecule has 0 saturated carbocycles. The quantitative estimate of drug-likeness (QED) is 0.0534. The lowest BCUT2D eigenvalue weighted by atomic mass is 10.0. The van der Waals surface area contributed by atoms with Crippen molar-refractivity contribution >= 4 is 5.78 Å². The molecule has 2 N–H and O–H groups in total. The Morgan fingerprint density at radius 1 is 0.533 bits per heavy atom. The Labute approximate surface area is 279 Å². The number of Topliss-reactive ketones (excluding diaryl/α,β-unsaturated/α-hetero) is 1. The Morgan fingerprint density at radius 3 is 1.36 bits per heavy atom. The summed E-state index contributed by atoms with van der Waals surface area (Å²) in [6, 6.07) is 0. The van der Waals surface area contributed by atoms with E-state index in [1.54, 1.807) is 0 Å². The van der Waals surface area contributed by atoms with Gasteiger partial charge in [0.1, 0.15) is 11.9 Å². The number of rotatable bonds is 36. The van der Waals surface area contributed by atoms with Gasteiger partial charge >= 0.3 is 0 Å². The molecule has 0 bridgehead atoms. The Kier molecular flexibility index (Phi) is 37.4. The fourth-order valence-corrected chi connectivity index (χ4v) is 5.37. The molecule has 0 aliphatic carbocycles. The van der Waals surface area contributed by atoms with Gasteiger partial charge in [-0.1, -0.05) is 152 Å². The summed E-state index contributed by atoms with van der Waals surface area (Å²) in [6.07, 6.45) is 49.8. The van der Waals surface area contributed by atoms with Crippen LogP contribution in [0, 0.1) is 0 Å². The first-order valence-corrected chi connectivity index (χ1v) is 19.2. The highest BCUT2D eigenvalue weighted by atomic mass is 16.5. The van der Waals surface area contributed by atoms with Crippen LogP contribution < -0.4 is 0 Å². The van der Waals surface area contributed by atoms with E-state index in [4.69, 9.17) is 9.84 Å². The minimum absolute atomic E-state index is 0.214. The van der Waals surface area contributed by atoms with E-state index in [0.29, 0.717) is 12.4 Å². The highest BCUT2D eigenvalue weighted by Crippen LogP contribution is 2.14. The van der Waals surface area contributed by atoms with Gasteiger partial charge in [-0.3, -0.25) is 4.79 Å². The molecule has 262 valence electrons. The molecule has 4 heteroatoms.